The molecule has 1 rings (SSSR count). The lowest BCUT2D eigenvalue weighted by atomic mass is 9.91. The zero-order valence-corrected chi connectivity index (χ0v) is 7.97. The highest BCUT2D eigenvalue weighted by molar-refractivity contribution is 4.83. The van der Waals surface area contributed by atoms with Crippen LogP contribution in [0.2, 0.25) is 0 Å². The standard InChI is InChI=1S/C9H19NO2/c1-8(2,10)7-9(11)5-3-4-6-12-9/h11H,3-7,10H2,1-2H3. The van der Waals surface area contributed by atoms with Crippen LogP contribution in [0, 0.1) is 0 Å². The third-order valence-electron chi connectivity index (χ3n) is 2.06. The quantitative estimate of drug-likeness (QED) is 0.655. The highest BCUT2D eigenvalue weighted by atomic mass is 16.6. The van der Waals surface area contributed by atoms with E-state index in [1.165, 1.54) is 0 Å². The monoisotopic (exact) mass is 173 g/mol. The highest BCUT2D eigenvalue weighted by Gasteiger charge is 2.34. The Bertz CT molecular complexity index is 145. The normalized spacial score (nSPS) is 32.0. The summed E-state index contributed by atoms with van der Waals surface area (Å²) < 4.78 is 5.32. The van der Waals surface area contributed by atoms with Gasteiger partial charge in [0.15, 0.2) is 5.79 Å². The second-order valence-corrected chi connectivity index (χ2v) is 4.42. The van der Waals surface area contributed by atoms with Crippen molar-refractivity contribution in [3.8, 4) is 0 Å². The maximum Gasteiger partial charge on any atom is 0.167 e. The fraction of sp³-hybridized carbons (Fsp3) is 1.00. The van der Waals surface area contributed by atoms with Crippen LogP contribution in [0.4, 0.5) is 0 Å². The largest absolute Gasteiger partial charge is 0.365 e. The first-order valence-electron chi connectivity index (χ1n) is 4.57. The molecule has 3 nitrogen and oxygen atoms in total. The van der Waals surface area contributed by atoms with E-state index in [0.717, 1.165) is 12.8 Å². The van der Waals surface area contributed by atoms with Crippen LogP contribution in [0.15, 0.2) is 0 Å². The first-order chi connectivity index (χ1) is 5.41. The molecule has 1 saturated heterocycles. The topological polar surface area (TPSA) is 55.5 Å². The molecule has 0 saturated carbocycles. The lowest BCUT2D eigenvalue weighted by Crippen LogP contribution is -2.46. The summed E-state index contributed by atoms with van der Waals surface area (Å²) in [4.78, 5) is 0. The molecule has 1 fully saturated rings. The van der Waals surface area contributed by atoms with E-state index in [-0.39, 0.29) is 5.54 Å². The van der Waals surface area contributed by atoms with Gasteiger partial charge in [0.2, 0.25) is 0 Å². The smallest absolute Gasteiger partial charge is 0.167 e. The molecular formula is C9H19NO2. The van der Waals surface area contributed by atoms with Crippen molar-refractivity contribution in [2.75, 3.05) is 6.61 Å². The summed E-state index contributed by atoms with van der Waals surface area (Å²) in [6, 6.07) is 0. The first-order valence-corrected chi connectivity index (χ1v) is 4.57. The number of hydrogen-bond donors (Lipinski definition) is 2. The third kappa shape index (κ3) is 3.09. The minimum atomic E-state index is -0.962. The molecule has 0 bridgehead atoms. The summed E-state index contributed by atoms with van der Waals surface area (Å²) >= 11 is 0. The van der Waals surface area contributed by atoms with Crippen molar-refractivity contribution in [1.82, 2.24) is 0 Å². The molecule has 12 heavy (non-hydrogen) atoms. The Kier molecular flexibility index (Phi) is 2.76. The van der Waals surface area contributed by atoms with Gasteiger partial charge in [-0.05, 0) is 26.7 Å². The molecule has 1 unspecified atom stereocenters. The van der Waals surface area contributed by atoms with Crippen molar-refractivity contribution in [2.24, 2.45) is 5.73 Å². The number of rotatable bonds is 2. The van der Waals surface area contributed by atoms with Crippen molar-refractivity contribution in [1.29, 1.82) is 0 Å². The SMILES string of the molecule is CC(C)(N)CC1(O)CCCCO1. The number of ether oxygens (including phenoxy) is 1. The van der Waals surface area contributed by atoms with Crippen LogP contribution in [0.25, 0.3) is 0 Å². The van der Waals surface area contributed by atoms with Crippen LogP contribution in [-0.2, 0) is 4.74 Å². The van der Waals surface area contributed by atoms with Gasteiger partial charge in [-0.15, -0.1) is 0 Å². The summed E-state index contributed by atoms with van der Waals surface area (Å²) in [5, 5.41) is 9.90. The second-order valence-electron chi connectivity index (χ2n) is 4.42. The molecule has 1 heterocycles. The minimum absolute atomic E-state index is 0.355. The molecule has 1 aliphatic heterocycles. The van der Waals surface area contributed by atoms with Crippen LogP contribution in [-0.4, -0.2) is 23.0 Å². The van der Waals surface area contributed by atoms with Crippen LogP contribution in [0.3, 0.4) is 0 Å². The van der Waals surface area contributed by atoms with Gasteiger partial charge in [-0.2, -0.15) is 0 Å². The van der Waals surface area contributed by atoms with Gasteiger partial charge in [-0.3, -0.25) is 0 Å². The molecule has 0 aromatic rings. The predicted octanol–water partition coefficient (Wildman–Crippen LogP) is 1.00. The molecule has 3 heteroatoms. The predicted molar refractivity (Wildman–Crippen MR) is 47.6 cm³/mol. The molecular weight excluding hydrogens is 154 g/mol. The van der Waals surface area contributed by atoms with Crippen LogP contribution >= 0.6 is 0 Å². The van der Waals surface area contributed by atoms with Crippen LogP contribution < -0.4 is 5.73 Å². The lowest BCUT2D eigenvalue weighted by Gasteiger charge is -2.36. The first kappa shape index (κ1) is 9.96. The Morgan fingerprint density at radius 3 is 2.58 bits per heavy atom. The summed E-state index contributed by atoms with van der Waals surface area (Å²) in [6.45, 7) is 4.47. The molecule has 0 aromatic carbocycles. The lowest BCUT2D eigenvalue weighted by molar-refractivity contribution is -0.234. The average molecular weight is 173 g/mol. The van der Waals surface area contributed by atoms with E-state index in [1.54, 1.807) is 0 Å². The van der Waals surface area contributed by atoms with Gasteiger partial charge in [0.25, 0.3) is 0 Å². The zero-order valence-electron chi connectivity index (χ0n) is 7.97. The Balaban J connectivity index is 2.47. The maximum absolute atomic E-state index is 9.90. The fourth-order valence-electron chi connectivity index (χ4n) is 1.69. The van der Waals surface area contributed by atoms with Gasteiger partial charge in [0, 0.05) is 18.4 Å². The number of hydrogen-bond acceptors (Lipinski definition) is 3. The molecule has 3 N–H and O–H groups in total. The van der Waals surface area contributed by atoms with Crippen LogP contribution in [0.1, 0.15) is 39.5 Å². The molecule has 0 spiro atoms. The van der Waals surface area contributed by atoms with Crippen molar-refractivity contribution < 1.29 is 9.84 Å². The van der Waals surface area contributed by atoms with E-state index < -0.39 is 5.79 Å². The van der Waals surface area contributed by atoms with Crippen molar-refractivity contribution in [2.45, 2.75) is 50.9 Å². The van der Waals surface area contributed by atoms with Crippen LogP contribution in [0.5, 0.6) is 0 Å². The van der Waals surface area contributed by atoms with Gasteiger partial charge in [-0.1, -0.05) is 0 Å². The van der Waals surface area contributed by atoms with E-state index in [1.807, 2.05) is 13.8 Å². The number of nitrogens with two attached hydrogens (primary N) is 1. The highest BCUT2D eigenvalue weighted by Crippen LogP contribution is 2.29. The maximum atomic E-state index is 9.90. The molecule has 72 valence electrons. The van der Waals surface area contributed by atoms with Gasteiger partial charge < -0.3 is 15.6 Å². The minimum Gasteiger partial charge on any atom is -0.365 e. The van der Waals surface area contributed by atoms with E-state index >= 15 is 0 Å². The molecule has 0 aromatic heterocycles. The summed E-state index contributed by atoms with van der Waals surface area (Å²) in [6.07, 6.45) is 3.31. The van der Waals surface area contributed by atoms with Gasteiger partial charge in [0.05, 0.1) is 6.61 Å². The second kappa shape index (κ2) is 3.32. The molecule has 1 aliphatic rings. The Morgan fingerprint density at radius 1 is 1.50 bits per heavy atom. The fourth-order valence-corrected chi connectivity index (χ4v) is 1.69. The van der Waals surface area contributed by atoms with Crippen molar-refractivity contribution in [3.63, 3.8) is 0 Å². The summed E-state index contributed by atoms with van der Waals surface area (Å²) in [5.74, 6) is -0.962. The Labute approximate surface area is 73.9 Å². The van der Waals surface area contributed by atoms with E-state index in [2.05, 4.69) is 0 Å². The van der Waals surface area contributed by atoms with Crippen molar-refractivity contribution in [3.05, 3.63) is 0 Å². The molecule has 0 aliphatic carbocycles. The zero-order chi connectivity index (χ0) is 9.24. The van der Waals surface area contributed by atoms with Gasteiger partial charge in [-0.25, -0.2) is 0 Å². The summed E-state index contributed by atoms with van der Waals surface area (Å²) in [5.41, 5.74) is 5.46. The molecule has 0 amide bonds. The Hall–Kier alpha value is -0.120. The third-order valence-corrected chi connectivity index (χ3v) is 2.06. The van der Waals surface area contributed by atoms with E-state index in [0.29, 0.717) is 19.4 Å². The molecule has 0 radical (unpaired) electrons. The molecule has 1 atom stereocenters. The van der Waals surface area contributed by atoms with Gasteiger partial charge >= 0.3 is 0 Å². The van der Waals surface area contributed by atoms with Gasteiger partial charge in [0.1, 0.15) is 0 Å². The van der Waals surface area contributed by atoms with E-state index in [9.17, 15) is 5.11 Å². The van der Waals surface area contributed by atoms with Crippen molar-refractivity contribution >= 4 is 0 Å². The average Bonchev–Trinajstić information content (AvgIpc) is 1.83. The summed E-state index contributed by atoms with van der Waals surface area (Å²) in [7, 11) is 0. The Morgan fingerprint density at radius 2 is 2.17 bits per heavy atom. The van der Waals surface area contributed by atoms with E-state index in [4.69, 9.17) is 10.5 Å². The number of aliphatic hydroxyl groups is 1.